The van der Waals surface area contributed by atoms with Crippen molar-refractivity contribution >= 4 is 49.6 Å². The highest BCUT2D eigenvalue weighted by Gasteiger charge is 2.10. The SMILES string of the molecule is Cn1c(I)c(Br)c2ncncc21. The van der Waals surface area contributed by atoms with E-state index in [9.17, 15) is 0 Å². The summed E-state index contributed by atoms with van der Waals surface area (Å²) in [6.45, 7) is 0. The molecule has 62 valence electrons. The van der Waals surface area contributed by atoms with Crippen LogP contribution < -0.4 is 0 Å². The zero-order valence-electron chi connectivity index (χ0n) is 6.25. The molecule has 0 amide bonds. The molecule has 2 rings (SSSR count). The summed E-state index contributed by atoms with van der Waals surface area (Å²) in [6.07, 6.45) is 3.37. The standard InChI is InChI=1S/C7H5BrIN3/c1-12-4-2-10-3-11-6(4)5(8)7(12)9/h2-3H,1H3. The molecule has 5 heteroatoms. The maximum Gasteiger partial charge on any atom is 0.116 e. The smallest absolute Gasteiger partial charge is 0.116 e. The number of nitrogens with zero attached hydrogens (tertiary/aromatic N) is 3. The van der Waals surface area contributed by atoms with Crippen molar-refractivity contribution in [3.05, 3.63) is 20.7 Å². The van der Waals surface area contributed by atoms with E-state index in [0.29, 0.717) is 0 Å². The van der Waals surface area contributed by atoms with Crippen LogP contribution in [0, 0.1) is 3.70 Å². The van der Waals surface area contributed by atoms with Gasteiger partial charge in [0.15, 0.2) is 0 Å². The van der Waals surface area contributed by atoms with Gasteiger partial charge in [-0.25, -0.2) is 9.97 Å². The van der Waals surface area contributed by atoms with Gasteiger partial charge in [0.25, 0.3) is 0 Å². The van der Waals surface area contributed by atoms with E-state index in [-0.39, 0.29) is 0 Å². The van der Waals surface area contributed by atoms with E-state index in [1.165, 1.54) is 0 Å². The highest BCUT2D eigenvalue weighted by molar-refractivity contribution is 14.1. The molecule has 0 aliphatic heterocycles. The first-order valence-corrected chi connectivity index (χ1v) is 5.18. The Balaban J connectivity index is 2.99. The van der Waals surface area contributed by atoms with Gasteiger partial charge in [-0.05, 0) is 38.5 Å². The van der Waals surface area contributed by atoms with Crippen LogP contribution in [0.1, 0.15) is 0 Å². The van der Waals surface area contributed by atoms with Gasteiger partial charge < -0.3 is 4.57 Å². The average molecular weight is 338 g/mol. The molecule has 0 saturated carbocycles. The van der Waals surface area contributed by atoms with Crippen LogP contribution in [0.5, 0.6) is 0 Å². The zero-order chi connectivity index (χ0) is 8.72. The summed E-state index contributed by atoms with van der Waals surface area (Å²) >= 11 is 5.75. The third-order valence-corrected chi connectivity index (χ3v) is 4.49. The van der Waals surface area contributed by atoms with Gasteiger partial charge in [-0.3, -0.25) is 0 Å². The predicted molar refractivity (Wildman–Crippen MR) is 58.9 cm³/mol. The van der Waals surface area contributed by atoms with Crippen molar-refractivity contribution in [2.45, 2.75) is 0 Å². The number of aryl methyl sites for hydroxylation is 1. The number of halogens is 2. The molecule has 0 unspecified atom stereocenters. The van der Waals surface area contributed by atoms with Crippen molar-refractivity contribution in [2.24, 2.45) is 7.05 Å². The maximum absolute atomic E-state index is 4.18. The van der Waals surface area contributed by atoms with Gasteiger partial charge in [-0.2, -0.15) is 0 Å². The quantitative estimate of drug-likeness (QED) is 0.691. The zero-order valence-corrected chi connectivity index (χ0v) is 10.00. The van der Waals surface area contributed by atoms with Gasteiger partial charge in [0.05, 0.1) is 19.9 Å². The van der Waals surface area contributed by atoms with E-state index < -0.39 is 0 Å². The van der Waals surface area contributed by atoms with E-state index >= 15 is 0 Å². The van der Waals surface area contributed by atoms with Crippen LogP contribution in [-0.2, 0) is 7.05 Å². The summed E-state index contributed by atoms with van der Waals surface area (Å²) < 4.78 is 4.24. The molecule has 0 bridgehead atoms. The van der Waals surface area contributed by atoms with E-state index in [0.717, 1.165) is 19.2 Å². The molecule has 2 heterocycles. The Morgan fingerprint density at radius 1 is 1.58 bits per heavy atom. The molecule has 0 atom stereocenters. The van der Waals surface area contributed by atoms with Crippen LogP contribution in [0.15, 0.2) is 17.0 Å². The van der Waals surface area contributed by atoms with Crippen molar-refractivity contribution in [1.29, 1.82) is 0 Å². The lowest BCUT2D eigenvalue weighted by molar-refractivity contribution is 0.930. The van der Waals surface area contributed by atoms with Crippen LogP contribution >= 0.6 is 38.5 Å². The minimum Gasteiger partial charge on any atom is -0.336 e. The van der Waals surface area contributed by atoms with Crippen molar-refractivity contribution < 1.29 is 0 Å². The summed E-state index contributed by atoms with van der Waals surface area (Å²) in [5.41, 5.74) is 2.02. The van der Waals surface area contributed by atoms with E-state index in [2.05, 4.69) is 53.1 Å². The number of hydrogen-bond donors (Lipinski definition) is 0. The molecule has 2 aromatic rings. The third kappa shape index (κ3) is 1.06. The fourth-order valence-electron chi connectivity index (χ4n) is 1.09. The minimum atomic E-state index is 0.969. The molecule has 0 radical (unpaired) electrons. The molecule has 0 aliphatic carbocycles. The van der Waals surface area contributed by atoms with Gasteiger partial charge in [-0.15, -0.1) is 0 Å². The van der Waals surface area contributed by atoms with Crippen LogP contribution in [0.3, 0.4) is 0 Å². The Bertz CT molecular complexity index is 398. The van der Waals surface area contributed by atoms with E-state index in [4.69, 9.17) is 0 Å². The molecule has 0 fully saturated rings. The first-order chi connectivity index (χ1) is 5.72. The fraction of sp³-hybridized carbons (Fsp3) is 0.143. The van der Waals surface area contributed by atoms with Crippen molar-refractivity contribution in [2.75, 3.05) is 0 Å². The second kappa shape index (κ2) is 2.95. The van der Waals surface area contributed by atoms with Crippen molar-refractivity contribution in [1.82, 2.24) is 14.5 Å². The molecular weight excluding hydrogens is 333 g/mol. The van der Waals surface area contributed by atoms with Crippen LogP contribution in [-0.4, -0.2) is 14.5 Å². The minimum absolute atomic E-state index is 0.969. The lowest BCUT2D eigenvalue weighted by Gasteiger charge is -1.93. The van der Waals surface area contributed by atoms with Crippen LogP contribution in [0.25, 0.3) is 11.0 Å². The fourth-order valence-corrected chi connectivity index (χ4v) is 2.17. The van der Waals surface area contributed by atoms with Crippen LogP contribution in [0.2, 0.25) is 0 Å². The Hall–Kier alpha value is -0.170. The topological polar surface area (TPSA) is 30.7 Å². The molecule has 0 spiro atoms. The maximum atomic E-state index is 4.18. The Kier molecular flexibility index (Phi) is 2.07. The number of rotatable bonds is 0. The van der Waals surface area contributed by atoms with Gasteiger partial charge in [0.1, 0.15) is 11.8 Å². The van der Waals surface area contributed by atoms with E-state index in [1.54, 1.807) is 6.33 Å². The Labute approximate surface area is 91.5 Å². The molecule has 12 heavy (non-hydrogen) atoms. The summed E-state index contributed by atoms with van der Waals surface area (Å²) in [4.78, 5) is 8.15. The lowest BCUT2D eigenvalue weighted by Crippen LogP contribution is -1.89. The van der Waals surface area contributed by atoms with Gasteiger partial charge in [0, 0.05) is 7.05 Å². The molecule has 2 aromatic heterocycles. The summed E-state index contributed by atoms with van der Waals surface area (Å²) in [6, 6.07) is 0. The molecule has 0 aromatic carbocycles. The molecule has 3 nitrogen and oxygen atoms in total. The average Bonchev–Trinajstić information content (AvgIpc) is 2.33. The first-order valence-electron chi connectivity index (χ1n) is 3.31. The van der Waals surface area contributed by atoms with E-state index in [1.807, 2.05) is 13.2 Å². The molecule has 0 N–H and O–H groups in total. The Morgan fingerprint density at radius 3 is 3.00 bits per heavy atom. The normalized spacial score (nSPS) is 10.9. The van der Waals surface area contributed by atoms with Crippen molar-refractivity contribution in [3.63, 3.8) is 0 Å². The number of aromatic nitrogens is 3. The van der Waals surface area contributed by atoms with Gasteiger partial charge in [0.2, 0.25) is 0 Å². The Morgan fingerprint density at radius 2 is 2.33 bits per heavy atom. The highest BCUT2D eigenvalue weighted by Crippen LogP contribution is 2.28. The summed E-state index contributed by atoms with van der Waals surface area (Å²) in [5, 5.41) is 0. The third-order valence-electron chi connectivity index (χ3n) is 1.74. The molecular formula is C7H5BrIN3. The molecule has 0 aliphatic rings. The molecule has 0 saturated heterocycles. The van der Waals surface area contributed by atoms with Gasteiger partial charge >= 0.3 is 0 Å². The van der Waals surface area contributed by atoms with Gasteiger partial charge in [-0.1, -0.05) is 0 Å². The lowest BCUT2D eigenvalue weighted by atomic mass is 10.5. The number of hydrogen-bond acceptors (Lipinski definition) is 2. The number of fused-ring (bicyclic) bond motifs is 1. The predicted octanol–water partition coefficient (Wildman–Crippen LogP) is 2.34. The summed E-state index contributed by atoms with van der Waals surface area (Å²) in [5.74, 6) is 0. The monoisotopic (exact) mass is 337 g/mol. The highest BCUT2D eigenvalue weighted by atomic mass is 127. The van der Waals surface area contributed by atoms with Crippen molar-refractivity contribution in [3.8, 4) is 0 Å². The van der Waals surface area contributed by atoms with Crippen LogP contribution in [0.4, 0.5) is 0 Å². The second-order valence-electron chi connectivity index (χ2n) is 2.42. The first kappa shape index (κ1) is 8.43. The largest absolute Gasteiger partial charge is 0.336 e. The summed E-state index contributed by atoms with van der Waals surface area (Å²) in [7, 11) is 2.00. The second-order valence-corrected chi connectivity index (χ2v) is 4.24.